The SMILES string of the molecule is COc1ccc(-c2c(N)n[nH]c2CC(C)(C)C)cc1. The van der Waals surface area contributed by atoms with Crippen LogP contribution < -0.4 is 10.5 Å². The summed E-state index contributed by atoms with van der Waals surface area (Å²) in [5, 5.41) is 7.19. The molecule has 4 heteroatoms. The number of ether oxygens (including phenoxy) is 1. The second-order valence-electron chi connectivity index (χ2n) is 5.93. The van der Waals surface area contributed by atoms with E-state index < -0.39 is 0 Å². The molecule has 0 fully saturated rings. The number of aromatic amines is 1. The van der Waals surface area contributed by atoms with Gasteiger partial charge in [-0.3, -0.25) is 5.10 Å². The lowest BCUT2D eigenvalue weighted by atomic mass is 9.88. The largest absolute Gasteiger partial charge is 0.497 e. The quantitative estimate of drug-likeness (QED) is 0.889. The van der Waals surface area contributed by atoms with Crippen molar-refractivity contribution in [3.05, 3.63) is 30.0 Å². The van der Waals surface area contributed by atoms with Crippen molar-refractivity contribution in [1.29, 1.82) is 0 Å². The number of hydrogen-bond acceptors (Lipinski definition) is 3. The fourth-order valence-electron chi connectivity index (χ4n) is 2.13. The van der Waals surface area contributed by atoms with E-state index in [9.17, 15) is 0 Å². The number of benzene rings is 1. The number of hydrogen-bond donors (Lipinski definition) is 2. The minimum absolute atomic E-state index is 0.181. The first-order chi connectivity index (χ1) is 8.90. The number of anilines is 1. The minimum Gasteiger partial charge on any atom is -0.497 e. The Balaban J connectivity index is 2.40. The third-order valence-corrected chi connectivity index (χ3v) is 2.96. The Kier molecular flexibility index (Phi) is 3.51. The molecule has 0 bridgehead atoms. The van der Waals surface area contributed by atoms with Gasteiger partial charge in [-0.15, -0.1) is 0 Å². The first-order valence-electron chi connectivity index (χ1n) is 6.38. The van der Waals surface area contributed by atoms with Crippen molar-refractivity contribution >= 4 is 5.82 Å². The van der Waals surface area contributed by atoms with Crippen LogP contribution in [0.3, 0.4) is 0 Å². The molecule has 0 aliphatic heterocycles. The lowest BCUT2D eigenvalue weighted by Crippen LogP contribution is -2.10. The summed E-state index contributed by atoms with van der Waals surface area (Å²) in [6, 6.07) is 7.88. The van der Waals surface area contributed by atoms with Gasteiger partial charge in [0.1, 0.15) is 5.75 Å². The molecule has 2 aromatic rings. The van der Waals surface area contributed by atoms with Crippen molar-refractivity contribution in [1.82, 2.24) is 10.2 Å². The van der Waals surface area contributed by atoms with Crippen LogP contribution >= 0.6 is 0 Å². The zero-order valence-electron chi connectivity index (χ0n) is 11.9. The first kappa shape index (κ1) is 13.5. The van der Waals surface area contributed by atoms with Crippen LogP contribution in [0.4, 0.5) is 5.82 Å². The molecule has 3 N–H and O–H groups in total. The van der Waals surface area contributed by atoms with E-state index in [4.69, 9.17) is 10.5 Å². The van der Waals surface area contributed by atoms with E-state index in [1.54, 1.807) is 7.11 Å². The van der Waals surface area contributed by atoms with Crippen LogP contribution in [0, 0.1) is 5.41 Å². The van der Waals surface area contributed by atoms with Crippen molar-refractivity contribution in [3.8, 4) is 16.9 Å². The molecule has 0 atom stereocenters. The maximum atomic E-state index is 5.99. The normalized spacial score (nSPS) is 11.6. The maximum Gasteiger partial charge on any atom is 0.153 e. The number of nitrogens with zero attached hydrogens (tertiary/aromatic N) is 1. The van der Waals surface area contributed by atoms with E-state index >= 15 is 0 Å². The van der Waals surface area contributed by atoms with Gasteiger partial charge in [0.2, 0.25) is 0 Å². The van der Waals surface area contributed by atoms with Crippen molar-refractivity contribution in [2.24, 2.45) is 5.41 Å². The minimum atomic E-state index is 0.181. The van der Waals surface area contributed by atoms with E-state index in [2.05, 4.69) is 31.0 Å². The van der Waals surface area contributed by atoms with Gasteiger partial charge in [-0.25, -0.2) is 0 Å². The molecule has 0 unspecified atom stereocenters. The third-order valence-electron chi connectivity index (χ3n) is 2.96. The fourth-order valence-corrected chi connectivity index (χ4v) is 2.13. The molecule has 0 aliphatic carbocycles. The van der Waals surface area contributed by atoms with Gasteiger partial charge in [-0.05, 0) is 29.5 Å². The highest BCUT2D eigenvalue weighted by Crippen LogP contribution is 2.32. The van der Waals surface area contributed by atoms with Crippen LogP contribution in [0.5, 0.6) is 5.75 Å². The molecule has 0 radical (unpaired) electrons. The average Bonchev–Trinajstić information content (AvgIpc) is 2.68. The molecular weight excluding hydrogens is 238 g/mol. The summed E-state index contributed by atoms with van der Waals surface area (Å²) < 4.78 is 5.17. The zero-order valence-corrected chi connectivity index (χ0v) is 11.9. The smallest absolute Gasteiger partial charge is 0.153 e. The highest BCUT2D eigenvalue weighted by Gasteiger charge is 2.19. The summed E-state index contributed by atoms with van der Waals surface area (Å²) in [6.45, 7) is 6.59. The molecule has 102 valence electrons. The molecular formula is C15H21N3O. The summed E-state index contributed by atoms with van der Waals surface area (Å²) in [5.41, 5.74) is 9.31. The van der Waals surface area contributed by atoms with Crippen LogP contribution in [-0.4, -0.2) is 17.3 Å². The van der Waals surface area contributed by atoms with Gasteiger partial charge < -0.3 is 10.5 Å². The van der Waals surface area contributed by atoms with E-state index in [-0.39, 0.29) is 5.41 Å². The number of methoxy groups -OCH3 is 1. The standard InChI is InChI=1S/C15H21N3O/c1-15(2,3)9-12-13(14(16)18-17-12)10-5-7-11(19-4)8-6-10/h5-8H,9H2,1-4H3,(H3,16,17,18). The Labute approximate surface area is 114 Å². The molecule has 0 saturated heterocycles. The van der Waals surface area contributed by atoms with E-state index in [1.165, 1.54) is 0 Å². The number of rotatable bonds is 3. The molecule has 0 aliphatic rings. The van der Waals surface area contributed by atoms with Crippen LogP contribution in [-0.2, 0) is 6.42 Å². The summed E-state index contributed by atoms with van der Waals surface area (Å²) in [6.07, 6.45) is 0.901. The van der Waals surface area contributed by atoms with Gasteiger partial charge in [-0.2, -0.15) is 5.10 Å². The molecule has 2 rings (SSSR count). The number of nitrogen functional groups attached to an aromatic ring is 1. The number of aromatic nitrogens is 2. The maximum absolute atomic E-state index is 5.99. The van der Waals surface area contributed by atoms with Gasteiger partial charge in [-0.1, -0.05) is 32.9 Å². The molecule has 1 heterocycles. The van der Waals surface area contributed by atoms with Gasteiger partial charge in [0.05, 0.1) is 7.11 Å². The molecule has 19 heavy (non-hydrogen) atoms. The predicted molar refractivity (Wildman–Crippen MR) is 78.1 cm³/mol. The Morgan fingerprint density at radius 2 is 1.84 bits per heavy atom. The van der Waals surface area contributed by atoms with E-state index in [1.807, 2.05) is 24.3 Å². The number of H-pyrrole nitrogens is 1. The summed E-state index contributed by atoms with van der Waals surface area (Å²) >= 11 is 0. The van der Waals surface area contributed by atoms with E-state index in [0.29, 0.717) is 5.82 Å². The zero-order chi connectivity index (χ0) is 14.0. The van der Waals surface area contributed by atoms with Crippen molar-refractivity contribution in [2.45, 2.75) is 27.2 Å². The molecule has 0 saturated carbocycles. The first-order valence-corrected chi connectivity index (χ1v) is 6.38. The second kappa shape index (κ2) is 4.96. The highest BCUT2D eigenvalue weighted by molar-refractivity contribution is 5.76. The van der Waals surface area contributed by atoms with Crippen LogP contribution in [0.2, 0.25) is 0 Å². The Morgan fingerprint density at radius 3 is 2.37 bits per heavy atom. The van der Waals surface area contributed by atoms with E-state index in [0.717, 1.165) is 29.0 Å². The summed E-state index contributed by atoms with van der Waals surface area (Å²) in [7, 11) is 1.66. The van der Waals surface area contributed by atoms with Crippen LogP contribution in [0.15, 0.2) is 24.3 Å². The van der Waals surface area contributed by atoms with Crippen molar-refractivity contribution in [2.75, 3.05) is 12.8 Å². The highest BCUT2D eigenvalue weighted by atomic mass is 16.5. The van der Waals surface area contributed by atoms with Crippen molar-refractivity contribution < 1.29 is 4.74 Å². The summed E-state index contributed by atoms with van der Waals surface area (Å²) in [4.78, 5) is 0. The van der Waals surface area contributed by atoms with Crippen molar-refractivity contribution in [3.63, 3.8) is 0 Å². The van der Waals surface area contributed by atoms with Gasteiger partial charge in [0.15, 0.2) is 5.82 Å². The van der Waals surface area contributed by atoms with Crippen LogP contribution in [0.25, 0.3) is 11.1 Å². The molecule has 0 spiro atoms. The Morgan fingerprint density at radius 1 is 1.21 bits per heavy atom. The molecule has 4 nitrogen and oxygen atoms in total. The number of nitrogens with one attached hydrogen (secondary N) is 1. The number of nitrogens with two attached hydrogens (primary N) is 1. The van der Waals surface area contributed by atoms with Gasteiger partial charge >= 0.3 is 0 Å². The fraction of sp³-hybridized carbons (Fsp3) is 0.400. The monoisotopic (exact) mass is 259 g/mol. The lowest BCUT2D eigenvalue weighted by molar-refractivity contribution is 0.406. The predicted octanol–water partition coefficient (Wildman–Crippen LogP) is 3.26. The molecule has 1 aromatic heterocycles. The lowest BCUT2D eigenvalue weighted by Gasteiger charge is -2.18. The molecule has 0 amide bonds. The van der Waals surface area contributed by atoms with Crippen LogP contribution in [0.1, 0.15) is 26.5 Å². The summed E-state index contributed by atoms with van der Waals surface area (Å²) in [5.74, 6) is 1.38. The average molecular weight is 259 g/mol. The van der Waals surface area contributed by atoms with Gasteiger partial charge in [0, 0.05) is 11.3 Å². The molecule has 1 aromatic carbocycles. The van der Waals surface area contributed by atoms with Gasteiger partial charge in [0.25, 0.3) is 0 Å². The third kappa shape index (κ3) is 3.08. The Hall–Kier alpha value is -1.97. The topological polar surface area (TPSA) is 63.9 Å². The second-order valence-corrected chi connectivity index (χ2v) is 5.93. The Bertz CT molecular complexity index is 550.